The van der Waals surface area contributed by atoms with Crippen molar-refractivity contribution in [3.8, 4) is 0 Å². The molecule has 0 aromatic carbocycles. The first-order chi connectivity index (χ1) is 10.5. The Bertz CT molecular complexity index is 470. The molecule has 1 aromatic rings. The molecule has 0 aliphatic carbocycles. The van der Waals surface area contributed by atoms with Crippen LogP contribution in [0.5, 0.6) is 0 Å². The Morgan fingerprint density at radius 1 is 1.18 bits per heavy atom. The van der Waals surface area contributed by atoms with Crippen molar-refractivity contribution in [2.75, 3.05) is 0 Å². The molecule has 0 unspecified atom stereocenters. The smallest absolute Gasteiger partial charge is 0.243 e. The average molecular weight is 305 g/mol. The summed E-state index contributed by atoms with van der Waals surface area (Å²) in [6, 6.07) is 3.22. The molecule has 0 fully saturated rings. The third kappa shape index (κ3) is 5.47. The van der Waals surface area contributed by atoms with E-state index < -0.39 is 6.04 Å². The largest absolute Gasteiger partial charge is 0.350 e. The molecular formula is C17H27N3O2. The fraction of sp³-hybridized carbons (Fsp3) is 0.588. The van der Waals surface area contributed by atoms with Gasteiger partial charge in [-0.3, -0.25) is 14.6 Å². The van der Waals surface area contributed by atoms with Crippen molar-refractivity contribution < 1.29 is 9.59 Å². The molecule has 1 rings (SSSR count). The molecule has 0 radical (unpaired) electrons. The highest BCUT2D eigenvalue weighted by atomic mass is 16.2. The van der Waals surface area contributed by atoms with Gasteiger partial charge in [-0.1, -0.05) is 33.8 Å². The predicted molar refractivity (Wildman–Crippen MR) is 86.9 cm³/mol. The van der Waals surface area contributed by atoms with E-state index in [1.165, 1.54) is 0 Å². The van der Waals surface area contributed by atoms with Crippen molar-refractivity contribution in [1.82, 2.24) is 15.6 Å². The molecule has 0 aliphatic rings. The van der Waals surface area contributed by atoms with Crippen LogP contribution in [0.2, 0.25) is 0 Å². The van der Waals surface area contributed by atoms with Gasteiger partial charge in [-0.2, -0.15) is 0 Å². The van der Waals surface area contributed by atoms with Crippen molar-refractivity contribution in [3.05, 3.63) is 30.1 Å². The molecule has 0 saturated heterocycles. The van der Waals surface area contributed by atoms with Gasteiger partial charge in [-0.25, -0.2) is 0 Å². The van der Waals surface area contributed by atoms with E-state index in [0.29, 0.717) is 6.54 Å². The highest BCUT2D eigenvalue weighted by Gasteiger charge is 2.26. The van der Waals surface area contributed by atoms with Crippen LogP contribution in [0.1, 0.15) is 46.1 Å². The Morgan fingerprint density at radius 2 is 1.86 bits per heavy atom. The van der Waals surface area contributed by atoms with Crippen LogP contribution in [0, 0.1) is 11.8 Å². The van der Waals surface area contributed by atoms with Crippen molar-refractivity contribution >= 4 is 11.8 Å². The quantitative estimate of drug-likeness (QED) is 0.774. The van der Waals surface area contributed by atoms with Crippen LogP contribution in [0.4, 0.5) is 0 Å². The summed E-state index contributed by atoms with van der Waals surface area (Å²) in [6.07, 6.45) is 4.97. The molecule has 2 N–H and O–H groups in total. The predicted octanol–water partition coefficient (Wildman–Crippen LogP) is 2.27. The van der Waals surface area contributed by atoms with Crippen molar-refractivity contribution in [1.29, 1.82) is 0 Å². The summed E-state index contributed by atoms with van der Waals surface area (Å²) in [5, 5.41) is 5.75. The zero-order chi connectivity index (χ0) is 16.5. The first-order valence-corrected chi connectivity index (χ1v) is 7.96. The van der Waals surface area contributed by atoms with E-state index in [9.17, 15) is 9.59 Å². The van der Waals surface area contributed by atoms with Gasteiger partial charge in [0.05, 0.1) is 0 Å². The summed E-state index contributed by atoms with van der Waals surface area (Å²) in [4.78, 5) is 28.6. The fourth-order valence-electron chi connectivity index (χ4n) is 2.27. The summed E-state index contributed by atoms with van der Waals surface area (Å²) < 4.78 is 0. The molecule has 0 aliphatic heterocycles. The Morgan fingerprint density at radius 3 is 2.36 bits per heavy atom. The third-order valence-electron chi connectivity index (χ3n) is 3.79. The Labute approximate surface area is 132 Å². The second-order valence-electron chi connectivity index (χ2n) is 5.82. The lowest BCUT2D eigenvalue weighted by molar-refractivity contribution is -0.132. The first kappa shape index (κ1) is 18.1. The lowest BCUT2D eigenvalue weighted by atomic mass is 9.99. The van der Waals surface area contributed by atoms with Gasteiger partial charge in [-0.15, -0.1) is 0 Å². The summed E-state index contributed by atoms with van der Waals surface area (Å²) in [6.45, 7) is 8.25. The number of hydrogen-bond donors (Lipinski definition) is 2. The molecule has 0 saturated carbocycles. The standard InChI is InChI=1S/C17H27N3O2/c1-5-14(6-2)16(21)20-15(12(3)4)17(22)19-11-13-8-7-9-18-10-13/h7-10,12,14-15H,5-6,11H2,1-4H3,(H,19,22)(H,20,21)/t15-/m0/s1. The Balaban J connectivity index is 2.62. The van der Waals surface area contributed by atoms with Crippen LogP contribution in [-0.4, -0.2) is 22.8 Å². The Hall–Kier alpha value is -1.91. The topological polar surface area (TPSA) is 71.1 Å². The molecular weight excluding hydrogens is 278 g/mol. The molecule has 5 nitrogen and oxygen atoms in total. The van der Waals surface area contributed by atoms with E-state index in [1.54, 1.807) is 12.4 Å². The number of nitrogens with one attached hydrogen (secondary N) is 2. The number of amides is 2. The van der Waals surface area contributed by atoms with Crippen molar-refractivity contribution in [2.24, 2.45) is 11.8 Å². The van der Waals surface area contributed by atoms with Crippen LogP contribution in [-0.2, 0) is 16.1 Å². The number of hydrogen-bond acceptors (Lipinski definition) is 3. The second kappa shape index (κ2) is 9.18. The SMILES string of the molecule is CCC(CC)C(=O)N[C@H](C(=O)NCc1cccnc1)C(C)C. The second-order valence-corrected chi connectivity index (χ2v) is 5.82. The lowest BCUT2D eigenvalue weighted by Gasteiger charge is -2.24. The first-order valence-electron chi connectivity index (χ1n) is 7.96. The number of nitrogens with zero attached hydrogens (tertiary/aromatic N) is 1. The van der Waals surface area contributed by atoms with Gasteiger partial charge in [0.2, 0.25) is 11.8 Å². The van der Waals surface area contributed by atoms with Crippen LogP contribution in [0.3, 0.4) is 0 Å². The monoisotopic (exact) mass is 305 g/mol. The molecule has 1 heterocycles. The van der Waals surface area contributed by atoms with Gasteiger partial charge in [0.1, 0.15) is 6.04 Å². The molecule has 1 aromatic heterocycles. The summed E-state index contributed by atoms with van der Waals surface area (Å²) >= 11 is 0. The van der Waals surface area contributed by atoms with Gasteiger partial charge >= 0.3 is 0 Å². The van der Waals surface area contributed by atoms with Gasteiger partial charge < -0.3 is 10.6 Å². The highest BCUT2D eigenvalue weighted by molar-refractivity contribution is 5.88. The summed E-state index contributed by atoms with van der Waals surface area (Å²) in [5.41, 5.74) is 0.935. The van der Waals surface area contributed by atoms with Crippen LogP contribution in [0.15, 0.2) is 24.5 Å². The van der Waals surface area contributed by atoms with Crippen LogP contribution >= 0.6 is 0 Å². The molecule has 22 heavy (non-hydrogen) atoms. The molecule has 122 valence electrons. The fourth-order valence-corrected chi connectivity index (χ4v) is 2.27. The molecule has 1 atom stereocenters. The maximum atomic E-state index is 12.3. The minimum atomic E-state index is -0.509. The van der Waals surface area contributed by atoms with Gasteiger partial charge in [0.15, 0.2) is 0 Å². The van der Waals surface area contributed by atoms with E-state index in [1.807, 2.05) is 39.8 Å². The number of carbonyl (C=O) groups excluding carboxylic acids is 2. The van der Waals surface area contributed by atoms with Gasteiger partial charge in [-0.05, 0) is 30.4 Å². The van der Waals surface area contributed by atoms with Crippen LogP contribution < -0.4 is 10.6 Å². The molecule has 2 amide bonds. The maximum absolute atomic E-state index is 12.3. The van der Waals surface area contributed by atoms with E-state index in [-0.39, 0.29) is 23.7 Å². The minimum Gasteiger partial charge on any atom is -0.350 e. The number of pyridine rings is 1. The lowest BCUT2D eigenvalue weighted by Crippen LogP contribution is -2.51. The van der Waals surface area contributed by atoms with E-state index >= 15 is 0 Å². The Kier molecular flexibility index (Phi) is 7.57. The maximum Gasteiger partial charge on any atom is 0.243 e. The minimum absolute atomic E-state index is 0.0345. The van der Waals surface area contributed by atoms with Crippen molar-refractivity contribution in [3.63, 3.8) is 0 Å². The van der Waals surface area contributed by atoms with E-state index in [0.717, 1.165) is 18.4 Å². The molecule has 0 spiro atoms. The van der Waals surface area contributed by atoms with Crippen molar-refractivity contribution in [2.45, 2.75) is 53.1 Å². The van der Waals surface area contributed by atoms with Gasteiger partial charge in [0.25, 0.3) is 0 Å². The number of rotatable bonds is 8. The van der Waals surface area contributed by atoms with Crippen LogP contribution in [0.25, 0.3) is 0 Å². The molecule has 0 bridgehead atoms. The zero-order valence-electron chi connectivity index (χ0n) is 13.9. The normalized spacial score (nSPS) is 12.3. The summed E-state index contributed by atoms with van der Waals surface area (Å²) in [7, 11) is 0. The zero-order valence-corrected chi connectivity index (χ0v) is 13.9. The van der Waals surface area contributed by atoms with Gasteiger partial charge in [0, 0.05) is 24.9 Å². The average Bonchev–Trinajstić information content (AvgIpc) is 2.52. The van der Waals surface area contributed by atoms with E-state index in [4.69, 9.17) is 0 Å². The summed E-state index contributed by atoms with van der Waals surface area (Å²) in [5.74, 6) is -0.196. The third-order valence-corrected chi connectivity index (χ3v) is 3.79. The van der Waals surface area contributed by atoms with E-state index in [2.05, 4.69) is 15.6 Å². The number of aromatic nitrogens is 1. The molecule has 5 heteroatoms. The number of carbonyl (C=O) groups is 2. The highest BCUT2D eigenvalue weighted by Crippen LogP contribution is 2.10.